The van der Waals surface area contributed by atoms with E-state index in [1.807, 2.05) is 48.5 Å². The zero-order valence-corrected chi connectivity index (χ0v) is 23.5. The highest BCUT2D eigenvalue weighted by Crippen LogP contribution is 2.37. The normalized spacial score (nSPS) is 13.3. The average molecular weight is 571 g/mol. The van der Waals surface area contributed by atoms with Gasteiger partial charge in [0.1, 0.15) is 24.7 Å². The van der Waals surface area contributed by atoms with Crippen molar-refractivity contribution in [3.8, 4) is 34.5 Å². The molecule has 42 heavy (non-hydrogen) atoms. The first-order valence-electron chi connectivity index (χ1n) is 13.2. The molecule has 0 spiro atoms. The minimum absolute atomic E-state index is 0.0820. The van der Waals surface area contributed by atoms with Crippen LogP contribution in [0, 0.1) is 0 Å². The number of carbonyl (C=O) groups excluding carboxylic acids is 2. The van der Waals surface area contributed by atoms with Gasteiger partial charge in [0.05, 0.1) is 27.8 Å². The molecule has 0 aliphatic carbocycles. The monoisotopic (exact) mass is 570 g/mol. The van der Waals surface area contributed by atoms with Crippen LogP contribution in [0.25, 0.3) is 0 Å². The van der Waals surface area contributed by atoms with Crippen LogP contribution in [-0.4, -0.2) is 39.4 Å². The third kappa shape index (κ3) is 6.75. The van der Waals surface area contributed by atoms with Crippen LogP contribution in [0.5, 0.6) is 34.5 Å². The van der Waals surface area contributed by atoms with Crippen molar-refractivity contribution in [1.82, 2.24) is 0 Å². The van der Waals surface area contributed by atoms with Crippen molar-refractivity contribution in [2.75, 3.05) is 21.3 Å². The van der Waals surface area contributed by atoms with E-state index >= 15 is 0 Å². The molecule has 0 fully saturated rings. The Hall–Kier alpha value is -5.18. The highest BCUT2D eigenvalue weighted by atomic mass is 16.7. The van der Waals surface area contributed by atoms with Crippen LogP contribution < -0.4 is 28.4 Å². The van der Waals surface area contributed by atoms with Crippen molar-refractivity contribution in [3.63, 3.8) is 0 Å². The quantitative estimate of drug-likeness (QED) is 0.160. The molecule has 0 radical (unpaired) electrons. The molecule has 1 heterocycles. The number of carbonyl (C=O) groups is 2. The van der Waals surface area contributed by atoms with Crippen LogP contribution in [0.3, 0.4) is 0 Å². The molecule has 0 aromatic heterocycles. The van der Waals surface area contributed by atoms with Crippen LogP contribution in [0.2, 0.25) is 0 Å². The number of ether oxygens (including phenoxy) is 7. The number of ketones is 1. The Balaban J connectivity index is 1.33. The minimum atomic E-state index is -1.19. The molecule has 0 amide bonds. The molecule has 1 unspecified atom stereocenters. The van der Waals surface area contributed by atoms with Gasteiger partial charge in [-0.3, -0.25) is 9.59 Å². The number of hydrogen-bond donors (Lipinski definition) is 0. The predicted molar refractivity (Wildman–Crippen MR) is 153 cm³/mol. The van der Waals surface area contributed by atoms with E-state index in [0.717, 1.165) is 22.6 Å². The Bertz CT molecular complexity index is 1550. The van der Waals surface area contributed by atoms with E-state index in [1.165, 1.54) is 7.11 Å². The average Bonchev–Trinajstić information content (AvgIpc) is 3.46. The second-order valence-corrected chi connectivity index (χ2v) is 9.40. The molecule has 0 bridgehead atoms. The third-order valence-electron chi connectivity index (χ3n) is 6.60. The number of hydrogen-bond acceptors (Lipinski definition) is 9. The van der Waals surface area contributed by atoms with Crippen LogP contribution in [-0.2, 0) is 29.2 Å². The van der Waals surface area contributed by atoms with Gasteiger partial charge >= 0.3 is 12.3 Å². The van der Waals surface area contributed by atoms with Gasteiger partial charge in [-0.15, -0.1) is 0 Å². The summed E-state index contributed by atoms with van der Waals surface area (Å²) in [5.74, 6) is 2.38. The first-order valence-corrected chi connectivity index (χ1v) is 13.2. The molecule has 0 saturated carbocycles. The van der Waals surface area contributed by atoms with Crippen molar-refractivity contribution in [2.45, 2.75) is 25.9 Å². The van der Waals surface area contributed by atoms with E-state index in [0.29, 0.717) is 34.1 Å². The summed E-state index contributed by atoms with van der Waals surface area (Å²) in [6.07, 6.45) is -1.10. The van der Waals surface area contributed by atoms with E-state index in [2.05, 4.69) is 0 Å². The standard InChI is InChI=1S/C33H30O9/c1-36-25-10-4-21(5-11-25)19-39-27-15-9-24(18-29(27)40-20-22-6-12-26(37-2)13-7-22)32(35)33-41-28-14-8-23(16-30(28)42-33)17-31(34)38-3/h4-16,18,33H,17,19-20H2,1-3H3. The molecule has 1 aliphatic rings. The third-order valence-corrected chi connectivity index (χ3v) is 6.60. The summed E-state index contributed by atoms with van der Waals surface area (Å²) in [5.41, 5.74) is 2.86. The molecule has 4 aromatic rings. The van der Waals surface area contributed by atoms with Gasteiger partial charge in [0.2, 0.25) is 5.78 Å². The fourth-order valence-electron chi connectivity index (χ4n) is 4.25. The smallest absolute Gasteiger partial charge is 0.309 e. The summed E-state index contributed by atoms with van der Waals surface area (Å²) in [6, 6.07) is 25.1. The molecular weight excluding hydrogens is 540 g/mol. The van der Waals surface area contributed by atoms with Gasteiger partial charge in [-0.25, -0.2) is 0 Å². The van der Waals surface area contributed by atoms with Gasteiger partial charge in [-0.2, -0.15) is 0 Å². The van der Waals surface area contributed by atoms with Crippen molar-refractivity contribution in [3.05, 3.63) is 107 Å². The predicted octanol–water partition coefficient (Wildman–Crippen LogP) is 5.56. The Morgan fingerprint density at radius 2 is 1.21 bits per heavy atom. The van der Waals surface area contributed by atoms with Crippen LogP contribution >= 0.6 is 0 Å². The first kappa shape index (κ1) is 28.4. The van der Waals surface area contributed by atoms with Crippen molar-refractivity contribution in [1.29, 1.82) is 0 Å². The Morgan fingerprint density at radius 1 is 0.643 bits per heavy atom. The number of methoxy groups -OCH3 is 3. The van der Waals surface area contributed by atoms with Crippen LogP contribution in [0.15, 0.2) is 84.9 Å². The number of Topliss-reactive ketones (excluding diaryl/α,β-unsaturated/α-hetero) is 1. The molecule has 1 atom stereocenters. The maximum Gasteiger partial charge on any atom is 0.309 e. The highest BCUT2D eigenvalue weighted by molar-refractivity contribution is 6.00. The molecule has 4 aromatic carbocycles. The summed E-state index contributed by atoms with van der Waals surface area (Å²) in [6.45, 7) is 0.527. The number of rotatable bonds is 12. The van der Waals surface area contributed by atoms with E-state index in [1.54, 1.807) is 50.6 Å². The van der Waals surface area contributed by atoms with Crippen molar-refractivity contribution in [2.24, 2.45) is 0 Å². The Kier molecular flexibility index (Phi) is 8.77. The van der Waals surface area contributed by atoms with Gasteiger partial charge in [0.15, 0.2) is 23.0 Å². The zero-order chi connectivity index (χ0) is 29.5. The largest absolute Gasteiger partial charge is 0.497 e. The van der Waals surface area contributed by atoms with Crippen LogP contribution in [0.4, 0.5) is 0 Å². The molecule has 5 rings (SSSR count). The molecule has 216 valence electrons. The number of fused-ring (bicyclic) bond motifs is 1. The molecule has 0 N–H and O–H groups in total. The van der Waals surface area contributed by atoms with Gasteiger partial charge in [0.25, 0.3) is 0 Å². The zero-order valence-electron chi connectivity index (χ0n) is 23.5. The van der Waals surface area contributed by atoms with Gasteiger partial charge < -0.3 is 33.2 Å². The SMILES string of the molecule is COC(=O)Cc1ccc2c(c1)OC(C(=O)c1ccc(OCc3ccc(OC)cc3)c(OCc3ccc(OC)cc3)c1)O2. The van der Waals surface area contributed by atoms with Crippen molar-refractivity contribution >= 4 is 11.8 Å². The van der Waals surface area contributed by atoms with Gasteiger partial charge in [-0.1, -0.05) is 30.3 Å². The molecule has 0 saturated heterocycles. The fourth-order valence-corrected chi connectivity index (χ4v) is 4.25. The fraction of sp³-hybridized carbons (Fsp3) is 0.212. The summed E-state index contributed by atoms with van der Waals surface area (Å²) in [7, 11) is 4.55. The maximum atomic E-state index is 13.4. The topological polar surface area (TPSA) is 98.8 Å². The Morgan fingerprint density at radius 3 is 1.81 bits per heavy atom. The van der Waals surface area contributed by atoms with E-state index in [4.69, 9.17) is 33.2 Å². The summed E-state index contributed by atoms with van der Waals surface area (Å²) in [4.78, 5) is 25.1. The summed E-state index contributed by atoms with van der Waals surface area (Å²) in [5, 5.41) is 0. The highest BCUT2D eigenvalue weighted by Gasteiger charge is 2.32. The number of benzene rings is 4. The lowest BCUT2D eigenvalue weighted by atomic mass is 10.1. The summed E-state index contributed by atoms with van der Waals surface area (Å²) >= 11 is 0. The second-order valence-electron chi connectivity index (χ2n) is 9.40. The summed E-state index contributed by atoms with van der Waals surface area (Å²) < 4.78 is 39.0. The lowest BCUT2D eigenvalue weighted by Crippen LogP contribution is -2.29. The first-order chi connectivity index (χ1) is 20.4. The van der Waals surface area contributed by atoms with Gasteiger partial charge in [-0.05, 0) is 71.3 Å². The van der Waals surface area contributed by atoms with Crippen molar-refractivity contribution < 1.29 is 42.7 Å². The maximum absolute atomic E-state index is 13.4. The second kappa shape index (κ2) is 13.0. The van der Waals surface area contributed by atoms with E-state index in [9.17, 15) is 9.59 Å². The van der Waals surface area contributed by atoms with E-state index < -0.39 is 12.1 Å². The lowest BCUT2D eigenvalue weighted by molar-refractivity contribution is -0.139. The minimum Gasteiger partial charge on any atom is -0.497 e. The Labute approximate surface area is 243 Å². The van der Waals surface area contributed by atoms with E-state index in [-0.39, 0.29) is 25.6 Å². The molecule has 9 nitrogen and oxygen atoms in total. The van der Waals surface area contributed by atoms with Gasteiger partial charge in [0, 0.05) is 5.56 Å². The molecular formula is C33H30O9. The number of esters is 1. The molecule has 1 aliphatic heterocycles. The van der Waals surface area contributed by atoms with Crippen LogP contribution in [0.1, 0.15) is 27.0 Å². The molecule has 9 heteroatoms. The lowest BCUT2D eigenvalue weighted by Gasteiger charge is -2.16.